The van der Waals surface area contributed by atoms with Crippen molar-refractivity contribution in [1.82, 2.24) is 19.7 Å². The van der Waals surface area contributed by atoms with Crippen molar-refractivity contribution in [3.63, 3.8) is 0 Å². The third-order valence-corrected chi connectivity index (χ3v) is 4.20. The number of aromatic amines is 1. The van der Waals surface area contributed by atoms with Crippen molar-refractivity contribution < 1.29 is 0 Å². The zero-order chi connectivity index (χ0) is 15.5. The normalized spacial score (nSPS) is 11.1. The average molecular weight is 302 g/mol. The van der Waals surface area contributed by atoms with Crippen LogP contribution in [0.2, 0.25) is 0 Å². The van der Waals surface area contributed by atoms with E-state index < -0.39 is 0 Å². The Bertz CT molecular complexity index is 905. The summed E-state index contributed by atoms with van der Waals surface area (Å²) >= 11 is 0. The van der Waals surface area contributed by atoms with Crippen LogP contribution in [0.25, 0.3) is 10.9 Å². The molecule has 0 spiro atoms. The molecule has 114 valence electrons. The summed E-state index contributed by atoms with van der Waals surface area (Å²) in [6.07, 6.45) is 5.71. The first-order valence-electron chi connectivity index (χ1n) is 7.86. The molecule has 0 fully saturated rings. The first-order chi connectivity index (χ1) is 11.4. The summed E-state index contributed by atoms with van der Waals surface area (Å²) in [7, 11) is 0. The lowest BCUT2D eigenvalue weighted by molar-refractivity contribution is 0.662. The Hall–Kier alpha value is -2.88. The maximum Gasteiger partial charge on any atom is 0.137 e. The number of aromatic nitrogens is 4. The fraction of sp³-hybridized carbons (Fsp3) is 0.158. The van der Waals surface area contributed by atoms with Gasteiger partial charge in [0.25, 0.3) is 0 Å². The number of para-hydroxylation sites is 1. The van der Waals surface area contributed by atoms with Gasteiger partial charge in [0.15, 0.2) is 0 Å². The lowest BCUT2D eigenvalue weighted by atomic mass is 10.1. The number of hydrogen-bond acceptors (Lipinski definition) is 2. The Morgan fingerprint density at radius 2 is 1.78 bits per heavy atom. The quantitative estimate of drug-likeness (QED) is 0.612. The number of rotatable bonds is 5. The van der Waals surface area contributed by atoms with Gasteiger partial charge in [0.1, 0.15) is 12.2 Å². The van der Waals surface area contributed by atoms with Crippen molar-refractivity contribution in [2.45, 2.75) is 19.4 Å². The number of benzene rings is 2. The van der Waals surface area contributed by atoms with Crippen LogP contribution < -0.4 is 0 Å². The monoisotopic (exact) mass is 302 g/mol. The number of fused-ring (bicyclic) bond motifs is 1. The third-order valence-electron chi connectivity index (χ3n) is 4.20. The van der Waals surface area contributed by atoms with Gasteiger partial charge in [0.05, 0.1) is 0 Å². The van der Waals surface area contributed by atoms with E-state index in [1.807, 2.05) is 12.4 Å². The maximum atomic E-state index is 4.28. The van der Waals surface area contributed by atoms with E-state index in [0.29, 0.717) is 0 Å². The summed E-state index contributed by atoms with van der Waals surface area (Å²) in [6, 6.07) is 18.8. The molecule has 0 unspecified atom stereocenters. The molecular weight excluding hydrogens is 284 g/mol. The predicted octanol–water partition coefficient (Wildman–Crippen LogP) is 3.59. The highest BCUT2D eigenvalue weighted by atomic mass is 15.3. The number of hydrogen-bond donors (Lipinski definition) is 1. The van der Waals surface area contributed by atoms with Gasteiger partial charge in [-0.2, -0.15) is 0 Å². The molecule has 0 saturated carbocycles. The van der Waals surface area contributed by atoms with Crippen molar-refractivity contribution in [3.05, 3.63) is 84.1 Å². The van der Waals surface area contributed by atoms with Crippen molar-refractivity contribution in [3.8, 4) is 0 Å². The number of H-pyrrole nitrogens is 1. The van der Waals surface area contributed by atoms with E-state index in [9.17, 15) is 0 Å². The molecule has 4 heteroatoms. The Labute approximate surface area is 134 Å². The standard InChI is InChI=1S/C19H18N4/c1-2-6-15(7-3-1)12-19-22-21-14-23(19)11-10-16-13-20-18-9-5-4-8-17(16)18/h1-9,13-14,20H,10-12H2. The van der Waals surface area contributed by atoms with Gasteiger partial charge < -0.3 is 9.55 Å². The van der Waals surface area contributed by atoms with Gasteiger partial charge in [0.2, 0.25) is 0 Å². The molecule has 4 nitrogen and oxygen atoms in total. The molecule has 0 bridgehead atoms. The molecule has 4 aromatic rings. The molecule has 1 N–H and O–H groups in total. The van der Waals surface area contributed by atoms with Crippen LogP contribution in [0.4, 0.5) is 0 Å². The number of aryl methyl sites for hydroxylation is 2. The Morgan fingerprint density at radius 3 is 2.70 bits per heavy atom. The third kappa shape index (κ3) is 2.88. The van der Waals surface area contributed by atoms with Crippen molar-refractivity contribution in [2.24, 2.45) is 0 Å². The second kappa shape index (κ2) is 6.08. The fourth-order valence-electron chi connectivity index (χ4n) is 2.96. The lowest BCUT2D eigenvalue weighted by Crippen LogP contribution is -2.06. The smallest absolute Gasteiger partial charge is 0.137 e. The van der Waals surface area contributed by atoms with Gasteiger partial charge in [-0.25, -0.2) is 0 Å². The predicted molar refractivity (Wildman–Crippen MR) is 91.3 cm³/mol. The van der Waals surface area contributed by atoms with Crippen LogP contribution in [-0.4, -0.2) is 19.7 Å². The molecule has 0 radical (unpaired) electrons. The van der Waals surface area contributed by atoms with E-state index in [-0.39, 0.29) is 0 Å². The first-order valence-corrected chi connectivity index (χ1v) is 7.86. The molecular formula is C19H18N4. The summed E-state index contributed by atoms with van der Waals surface area (Å²) in [5.41, 5.74) is 3.78. The Kier molecular flexibility index (Phi) is 3.64. The fourth-order valence-corrected chi connectivity index (χ4v) is 2.96. The SMILES string of the molecule is c1ccc(Cc2nncn2CCc2c[nH]c3ccccc23)cc1. The Morgan fingerprint density at radius 1 is 0.957 bits per heavy atom. The molecule has 2 heterocycles. The zero-order valence-electron chi connectivity index (χ0n) is 12.8. The summed E-state index contributed by atoms with van der Waals surface area (Å²) in [6.45, 7) is 0.886. The van der Waals surface area contributed by atoms with Crippen LogP contribution in [0.3, 0.4) is 0 Å². The van der Waals surface area contributed by atoms with Crippen molar-refractivity contribution in [2.75, 3.05) is 0 Å². The summed E-state index contributed by atoms with van der Waals surface area (Å²) in [5.74, 6) is 1.01. The first kappa shape index (κ1) is 13.8. The molecule has 23 heavy (non-hydrogen) atoms. The minimum Gasteiger partial charge on any atom is -0.361 e. The van der Waals surface area contributed by atoms with Crippen molar-refractivity contribution in [1.29, 1.82) is 0 Å². The molecule has 0 aliphatic heterocycles. The minimum atomic E-state index is 0.814. The average Bonchev–Trinajstić information content (AvgIpc) is 3.21. The van der Waals surface area contributed by atoms with Crippen LogP contribution in [0.1, 0.15) is 17.0 Å². The van der Waals surface area contributed by atoms with E-state index in [2.05, 4.69) is 74.5 Å². The highest BCUT2D eigenvalue weighted by molar-refractivity contribution is 5.82. The number of nitrogens with one attached hydrogen (secondary N) is 1. The van der Waals surface area contributed by atoms with E-state index in [1.54, 1.807) is 0 Å². The van der Waals surface area contributed by atoms with Crippen LogP contribution >= 0.6 is 0 Å². The zero-order valence-corrected chi connectivity index (χ0v) is 12.8. The summed E-state index contributed by atoms with van der Waals surface area (Å²) < 4.78 is 2.15. The minimum absolute atomic E-state index is 0.814. The van der Waals surface area contributed by atoms with Crippen LogP contribution in [-0.2, 0) is 19.4 Å². The second-order valence-corrected chi connectivity index (χ2v) is 5.71. The summed E-state index contributed by atoms with van der Waals surface area (Å²) in [4.78, 5) is 3.33. The molecule has 0 atom stereocenters. The highest BCUT2D eigenvalue weighted by Gasteiger charge is 2.07. The van der Waals surface area contributed by atoms with Gasteiger partial charge in [0, 0.05) is 30.1 Å². The lowest BCUT2D eigenvalue weighted by Gasteiger charge is -2.06. The maximum absolute atomic E-state index is 4.28. The van der Waals surface area contributed by atoms with E-state index in [4.69, 9.17) is 0 Å². The van der Waals surface area contributed by atoms with Gasteiger partial charge in [-0.05, 0) is 23.6 Å². The van der Waals surface area contributed by atoms with Crippen LogP contribution in [0, 0.1) is 0 Å². The van der Waals surface area contributed by atoms with Gasteiger partial charge in [-0.3, -0.25) is 0 Å². The number of nitrogens with zero attached hydrogens (tertiary/aromatic N) is 3. The van der Waals surface area contributed by atoms with E-state index >= 15 is 0 Å². The van der Waals surface area contributed by atoms with Crippen molar-refractivity contribution >= 4 is 10.9 Å². The molecule has 0 aliphatic carbocycles. The van der Waals surface area contributed by atoms with E-state index in [1.165, 1.54) is 22.0 Å². The highest BCUT2D eigenvalue weighted by Crippen LogP contribution is 2.18. The van der Waals surface area contributed by atoms with Gasteiger partial charge in [-0.15, -0.1) is 10.2 Å². The molecule has 2 aromatic carbocycles. The summed E-state index contributed by atoms with van der Waals surface area (Å²) in [5, 5.41) is 9.66. The van der Waals surface area contributed by atoms with Crippen LogP contribution in [0.5, 0.6) is 0 Å². The molecule has 4 rings (SSSR count). The van der Waals surface area contributed by atoms with Gasteiger partial charge >= 0.3 is 0 Å². The van der Waals surface area contributed by atoms with Crippen LogP contribution in [0.15, 0.2) is 67.1 Å². The molecule has 0 aliphatic rings. The molecule has 2 aromatic heterocycles. The largest absolute Gasteiger partial charge is 0.361 e. The van der Waals surface area contributed by atoms with Gasteiger partial charge in [-0.1, -0.05) is 48.5 Å². The second-order valence-electron chi connectivity index (χ2n) is 5.71. The Balaban J connectivity index is 1.51. The van der Waals surface area contributed by atoms with E-state index in [0.717, 1.165) is 25.2 Å². The molecule has 0 saturated heterocycles. The molecule has 0 amide bonds. The topological polar surface area (TPSA) is 46.5 Å².